The molecule has 4 aromatic carbocycles. The second kappa shape index (κ2) is 10.2. The minimum absolute atomic E-state index is 0.235. The maximum absolute atomic E-state index is 13.2. The molecule has 1 aromatic heterocycles. The van der Waals surface area contributed by atoms with Crippen LogP contribution in [0.3, 0.4) is 0 Å². The number of thiazole rings is 1. The summed E-state index contributed by atoms with van der Waals surface area (Å²) in [4.78, 5) is 9.33. The monoisotopic (exact) mass is 520 g/mol. The van der Waals surface area contributed by atoms with Crippen LogP contribution in [-0.4, -0.2) is 11.2 Å². The van der Waals surface area contributed by atoms with Crippen molar-refractivity contribution in [2.75, 3.05) is 0 Å². The highest BCUT2D eigenvalue weighted by molar-refractivity contribution is 7.21. The zero-order valence-corrected chi connectivity index (χ0v) is 21.0. The van der Waals surface area contributed by atoms with Gasteiger partial charge in [-0.05, 0) is 78.7 Å². The van der Waals surface area contributed by atoms with Crippen molar-refractivity contribution in [3.8, 4) is 16.3 Å². The standard InChI is InChI=1S/C28H19Cl2FN2OS/c1-17-2-11-25-26(12-17)35-28(33-25)19-5-9-23(10-6-19)32-15-20-13-21(29)14-24(30)27(20)34-16-18-3-7-22(31)8-4-18/h2-15H,16H2,1H3. The summed E-state index contributed by atoms with van der Waals surface area (Å²) < 4.78 is 20.3. The normalized spacial score (nSPS) is 11.4. The van der Waals surface area contributed by atoms with Gasteiger partial charge in [0.05, 0.1) is 20.9 Å². The lowest BCUT2D eigenvalue weighted by Gasteiger charge is -2.12. The molecule has 0 atom stereocenters. The highest BCUT2D eigenvalue weighted by Crippen LogP contribution is 2.34. The van der Waals surface area contributed by atoms with E-state index in [-0.39, 0.29) is 12.4 Å². The minimum Gasteiger partial charge on any atom is -0.487 e. The van der Waals surface area contributed by atoms with Crippen LogP contribution in [0.1, 0.15) is 16.7 Å². The molecule has 0 bridgehead atoms. The van der Waals surface area contributed by atoms with E-state index >= 15 is 0 Å². The van der Waals surface area contributed by atoms with Gasteiger partial charge < -0.3 is 4.74 Å². The largest absolute Gasteiger partial charge is 0.487 e. The van der Waals surface area contributed by atoms with Gasteiger partial charge in [0.1, 0.15) is 23.2 Å². The summed E-state index contributed by atoms with van der Waals surface area (Å²) >= 11 is 14.3. The Balaban J connectivity index is 1.36. The first-order valence-electron chi connectivity index (χ1n) is 10.8. The molecule has 0 unspecified atom stereocenters. The van der Waals surface area contributed by atoms with Crippen LogP contribution in [-0.2, 0) is 6.61 Å². The smallest absolute Gasteiger partial charge is 0.147 e. The van der Waals surface area contributed by atoms with Gasteiger partial charge in [0.15, 0.2) is 0 Å². The topological polar surface area (TPSA) is 34.5 Å². The van der Waals surface area contributed by atoms with Crippen LogP contribution in [0.4, 0.5) is 10.1 Å². The highest BCUT2D eigenvalue weighted by Gasteiger charge is 2.11. The molecule has 0 amide bonds. The number of hydrogen-bond acceptors (Lipinski definition) is 4. The first-order chi connectivity index (χ1) is 16.9. The Morgan fingerprint density at radius 1 is 0.971 bits per heavy atom. The van der Waals surface area contributed by atoms with Gasteiger partial charge >= 0.3 is 0 Å². The third-order valence-corrected chi connectivity index (χ3v) is 6.91. The summed E-state index contributed by atoms with van der Waals surface area (Å²) in [5.41, 5.74) is 5.50. The van der Waals surface area contributed by atoms with Crippen molar-refractivity contribution < 1.29 is 9.13 Å². The molecule has 7 heteroatoms. The van der Waals surface area contributed by atoms with E-state index in [9.17, 15) is 4.39 Å². The Bertz CT molecular complexity index is 1530. The maximum Gasteiger partial charge on any atom is 0.147 e. The Morgan fingerprint density at radius 3 is 2.51 bits per heavy atom. The van der Waals surface area contributed by atoms with E-state index in [0.717, 1.165) is 27.3 Å². The first-order valence-corrected chi connectivity index (χ1v) is 12.4. The van der Waals surface area contributed by atoms with Crippen LogP contribution in [0.5, 0.6) is 5.75 Å². The van der Waals surface area contributed by atoms with Crippen LogP contribution in [0.25, 0.3) is 20.8 Å². The lowest BCUT2D eigenvalue weighted by atomic mass is 10.2. The van der Waals surface area contributed by atoms with E-state index < -0.39 is 0 Å². The molecule has 35 heavy (non-hydrogen) atoms. The summed E-state index contributed by atoms with van der Waals surface area (Å²) in [7, 11) is 0. The summed E-state index contributed by atoms with van der Waals surface area (Å²) in [6.45, 7) is 2.32. The molecule has 1 heterocycles. The fraction of sp³-hybridized carbons (Fsp3) is 0.0714. The number of benzene rings is 4. The number of aliphatic imine (C=N–C) groups is 1. The van der Waals surface area contributed by atoms with E-state index in [2.05, 4.69) is 30.1 Å². The van der Waals surface area contributed by atoms with Crippen LogP contribution < -0.4 is 4.74 Å². The fourth-order valence-electron chi connectivity index (χ4n) is 3.55. The van der Waals surface area contributed by atoms with Gasteiger partial charge in [-0.3, -0.25) is 4.99 Å². The lowest BCUT2D eigenvalue weighted by Crippen LogP contribution is -1.99. The number of ether oxygens (including phenoxy) is 1. The SMILES string of the molecule is Cc1ccc2nc(-c3ccc(N=Cc4cc(Cl)cc(Cl)c4OCc4ccc(F)cc4)cc3)sc2c1. The zero-order valence-electron chi connectivity index (χ0n) is 18.6. The molecular weight excluding hydrogens is 502 g/mol. The van der Waals surface area contributed by atoms with E-state index in [1.165, 1.54) is 22.4 Å². The van der Waals surface area contributed by atoms with Crippen molar-refractivity contribution in [1.82, 2.24) is 4.98 Å². The van der Waals surface area contributed by atoms with Crippen molar-refractivity contribution in [2.24, 2.45) is 4.99 Å². The highest BCUT2D eigenvalue weighted by atomic mass is 35.5. The number of nitrogens with zero attached hydrogens (tertiary/aromatic N) is 2. The second-order valence-corrected chi connectivity index (χ2v) is 9.89. The molecular formula is C28H19Cl2FN2OS. The third-order valence-electron chi connectivity index (χ3n) is 5.34. The van der Waals surface area contributed by atoms with Crippen LogP contribution in [0, 0.1) is 12.7 Å². The molecule has 174 valence electrons. The maximum atomic E-state index is 13.2. The zero-order chi connectivity index (χ0) is 24.4. The van der Waals surface area contributed by atoms with Crippen molar-refractivity contribution in [3.05, 3.63) is 111 Å². The average molecular weight is 521 g/mol. The van der Waals surface area contributed by atoms with Crippen molar-refractivity contribution in [3.63, 3.8) is 0 Å². The number of aromatic nitrogens is 1. The van der Waals surface area contributed by atoms with Crippen molar-refractivity contribution >= 4 is 56.7 Å². The van der Waals surface area contributed by atoms with E-state index in [1.54, 1.807) is 41.8 Å². The molecule has 0 saturated heterocycles. The Hall–Kier alpha value is -3.25. The fourth-order valence-corrected chi connectivity index (χ4v) is 5.19. The number of rotatable bonds is 6. The van der Waals surface area contributed by atoms with Crippen LogP contribution >= 0.6 is 34.5 Å². The van der Waals surface area contributed by atoms with Crippen LogP contribution in [0.15, 0.2) is 83.9 Å². The first kappa shape index (κ1) is 23.5. The molecule has 0 spiro atoms. The quantitative estimate of drug-likeness (QED) is 0.209. The summed E-state index contributed by atoms with van der Waals surface area (Å²) in [5.74, 6) is 0.167. The Labute approximate surface area is 216 Å². The predicted octanol–water partition coefficient (Wildman–Crippen LogP) is 9.05. The molecule has 0 radical (unpaired) electrons. The molecule has 0 saturated carbocycles. The average Bonchev–Trinajstić information content (AvgIpc) is 3.26. The minimum atomic E-state index is -0.296. The summed E-state index contributed by atoms with van der Waals surface area (Å²) in [5, 5.41) is 1.83. The van der Waals surface area contributed by atoms with E-state index in [0.29, 0.717) is 21.4 Å². The summed E-state index contributed by atoms with van der Waals surface area (Å²) in [6.07, 6.45) is 1.67. The molecule has 0 aliphatic heterocycles. The van der Waals surface area contributed by atoms with Gasteiger partial charge in [0, 0.05) is 22.4 Å². The second-order valence-electron chi connectivity index (χ2n) is 8.02. The molecule has 0 fully saturated rings. The third kappa shape index (κ3) is 5.54. The van der Waals surface area contributed by atoms with Gasteiger partial charge in [0.2, 0.25) is 0 Å². The van der Waals surface area contributed by atoms with Gasteiger partial charge in [-0.2, -0.15) is 0 Å². The van der Waals surface area contributed by atoms with Gasteiger partial charge in [-0.1, -0.05) is 41.4 Å². The van der Waals surface area contributed by atoms with Gasteiger partial charge in [-0.25, -0.2) is 9.37 Å². The van der Waals surface area contributed by atoms with Crippen LogP contribution in [0.2, 0.25) is 10.0 Å². The molecule has 0 aliphatic rings. The van der Waals surface area contributed by atoms with E-state index in [4.69, 9.17) is 32.9 Å². The molecule has 0 aliphatic carbocycles. The number of aryl methyl sites for hydroxylation is 1. The molecule has 3 nitrogen and oxygen atoms in total. The van der Waals surface area contributed by atoms with Gasteiger partial charge in [0.25, 0.3) is 0 Å². The number of fused-ring (bicyclic) bond motifs is 1. The summed E-state index contributed by atoms with van der Waals surface area (Å²) in [6, 6.07) is 23.7. The lowest BCUT2D eigenvalue weighted by molar-refractivity contribution is 0.306. The van der Waals surface area contributed by atoms with Crippen molar-refractivity contribution in [2.45, 2.75) is 13.5 Å². The number of halogens is 3. The Morgan fingerprint density at radius 2 is 1.74 bits per heavy atom. The van der Waals surface area contributed by atoms with Gasteiger partial charge in [-0.15, -0.1) is 11.3 Å². The van der Waals surface area contributed by atoms with E-state index in [1.807, 2.05) is 24.3 Å². The predicted molar refractivity (Wildman–Crippen MR) is 144 cm³/mol. The van der Waals surface area contributed by atoms with Crippen molar-refractivity contribution in [1.29, 1.82) is 0 Å². The molecule has 5 rings (SSSR count). The Kier molecular flexibility index (Phi) is 6.82. The molecule has 0 N–H and O–H groups in total. The molecule has 5 aromatic rings. The number of hydrogen-bond donors (Lipinski definition) is 0.